The molecule has 0 spiro atoms. The number of rotatable bonds is 3. The zero-order valence-electron chi connectivity index (χ0n) is 14.9. The number of nitrogens with zero attached hydrogens (tertiary/aromatic N) is 2. The van der Waals surface area contributed by atoms with Gasteiger partial charge in [0.15, 0.2) is 15.7 Å². The van der Waals surface area contributed by atoms with Crippen LogP contribution in [0.15, 0.2) is 35.2 Å². The Morgan fingerprint density at radius 3 is 2.42 bits per heavy atom. The van der Waals surface area contributed by atoms with E-state index in [-0.39, 0.29) is 23.1 Å². The lowest BCUT2D eigenvalue weighted by atomic mass is 9.95. The number of imidazole rings is 1. The van der Waals surface area contributed by atoms with Crippen molar-refractivity contribution in [2.24, 2.45) is 12.8 Å². The quantitative estimate of drug-likeness (QED) is 0.740. The van der Waals surface area contributed by atoms with Crippen LogP contribution >= 0.6 is 12.4 Å². The van der Waals surface area contributed by atoms with E-state index in [1.165, 1.54) is 6.26 Å². The minimum atomic E-state index is -3.33. The number of sulfone groups is 1. The third-order valence-electron chi connectivity index (χ3n) is 4.47. The highest BCUT2D eigenvalue weighted by molar-refractivity contribution is 7.90. The summed E-state index contributed by atoms with van der Waals surface area (Å²) in [5.41, 5.74) is 10.4. The number of aromatic nitrogens is 2. The average molecular weight is 394 g/mol. The predicted octanol–water partition coefficient (Wildman–Crippen LogP) is 2.78. The highest BCUT2D eigenvalue weighted by Gasteiger charge is 2.19. The second-order valence-electron chi connectivity index (χ2n) is 6.22. The number of amides is 1. The molecule has 0 bridgehead atoms. The van der Waals surface area contributed by atoms with Crippen molar-refractivity contribution in [3.8, 4) is 11.1 Å². The summed E-state index contributed by atoms with van der Waals surface area (Å²) < 4.78 is 25.5. The predicted molar refractivity (Wildman–Crippen MR) is 104 cm³/mol. The molecule has 0 fully saturated rings. The lowest BCUT2D eigenvalue weighted by molar-refractivity contribution is 0.0988. The molecule has 0 saturated heterocycles. The Hall–Kier alpha value is -2.38. The fourth-order valence-electron chi connectivity index (χ4n) is 3.00. The van der Waals surface area contributed by atoms with Gasteiger partial charge in [0.2, 0.25) is 0 Å². The van der Waals surface area contributed by atoms with Crippen molar-refractivity contribution in [1.82, 2.24) is 9.55 Å². The van der Waals surface area contributed by atoms with Gasteiger partial charge in [-0.3, -0.25) is 4.79 Å². The second kappa shape index (κ2) is 6.74. The first kappa shape index (κ1) is 19.9. The number of halogens is 1. The summed E-state index contributed by atoms with van der Waals surface area (Å²) >= 11 is 0. The molecule has 0 aliphatic carbocycles. The maximum absolute atomic E-state index is 11.9. The summed E-state index contributed by atoms with van der Waals surface area (Å²) in [6.07, 6.45) is 1.18. The average Bonchev–Trinajstić information content (AvgIpc) is 2.85. The molecule has 3 aromatic rings. The third-order valence-corrected chi connectivity index (χ3v) is 5.58. The minimum Gasteiger partial charge on any atom is -0.363 e. The van der Waals surface area contributed by atoms with Crippen molar-refractivity contribution in [2.45, 2.75) is 18.7 Å². The molecule has 0 aliphatic rings. The topological polar surface area (TPSA) is 95.0 Å². The Morgan fingerprint density at radius 2 is 1.85 bits per heavy atom. The van der Waals surface area contributed by atoms with Gasteiger partial charge in [-0.1, -0.05) is 12.1 Å². The minimum absolute atomic E-state index is 0. The van der Waals surface area contributed by atoms with E-state index in [0.717, 1.165) is 27.8 Å². The number of benzene rings is 2. The standard InChI is InChI=1S/C18H19N3O3S.ClH/c1-10-8-14-16(20-18(17(19)22)21(14)3)15(11(10)2)12-6-5-7-13(9-12)25(4,23)24;/h5-9H,1-4H3,(H2,19,22);1H. The molecule has 3 rings (SSSR count). The zero-order valence-corrected chi connectivity index (χ0v) is 16.5. The number of hydrogen-bond donors (Lipinski definition) is 1. The number of primary amides is 1. The monoisotopic (exact) mass is 393 g/mol. The fourth-order valence-corrected chi connectivity index (χ4v) is 3.67. The number of nitrogens with two attached hydrogens (primary N) is 1. The molecule has 1 aromatic heterocycles. The van der Waals surface area contributed by atoms with Crippen LogP contribution in [0, 0.1) is 13.8 Å². The maximum atomic E-state index is 11.9. The molecular weight excluding hydrogens is 374 g/mol. The van der Waals surface area contributed by atoms with E-state index < -0.39 is 15.7 Å². The van der Waals surface area contributed by atoms with Gasteiger partial charge < -0.3 is 10.3 Å². The molecule has 2 N–H and O–H groups in total. The van der Waals surface area contributed by atoms with Gasteiger partial charge in [-0.25, -0.2) is 13.4 Å². The molecule has 0 unspecified atom stereocenters. The van der Waals surface area contributed by atoms with Gasteiger partial charge >= 0.3 is 0 Å². The molecule has 8 heteroatoms. The van der Waals surface area contributed by atoms with E-state index in [4.69, 9.17) is 5.73 Å². The van der Waals surface area contributed by atoms with Crippen LogP contribution in [-0.2, 0) is 16.9 Å². The van der Waals surface area contributed by atoms with Crippen LogP contribution in [0.1, 0.15) is 21.7 Å². The molecule has 6 nitrogen and oxygen atoms in total. The Balaban J connectivity index is 0.00000243. The van der Waals surface area contributed by atoms with Crippen LogP contribution < -0.4 is 5.73 Å². The zero-order chi connectivity index (χ0) is 18.5. The van der Waals surface area contributed by atoms with Gasteiger partial charge in [0.05, 0.1) is 15.9 Å². The Kier molecular flexibility index (Phi) is 5.17. The van der Waals surface area contributed by atoms with Crippen LogP contribution in [0.4, 0.5) is 0 Å². The molecule has 0 radical (unpaired) electrons. The Labute approximate surface area is 158 Å². The smallest absolute Gasteiger partial charge is 0.284 e. The van der Waals surface area contributed by atoms with Crippen molar-refractivity contribution in [2.75, 3.05) is 6.26 Å². The van der Waals surface area contributed by atoms with Crippen LogP contribution in [0.2, 0.25) is 0 Å². The number of aryl methyl sites for hydroxylation is 2. The lowest BCUT2D eigenvalue weighted by Crippen LogP contribution is -2.16. The Bertz CT molecular complexity index is 1130. The van der Waals surface area contributed by atoms with Crippen LogP contribution in [-0.4, -0.2) is 30.1 Å². The van der Waals surface area contributed by atoms with Gasteiger partial charge in [-0.05, 0) is 48.7 Å². The summed E-state index contributed by atoms with van der Waals surface area (Å²) in [7, 11) is -1.59. The summed E-state index contributed by atoms with van der Waals surface area (Å²) in [5.74, 6) is -0.439. The van der Waals surface area contributed by atoms with Crippen LogP contribution in [0.5, 0.6) is 0 Å². The first-order valence-electron chi connectivity index (χ1n) is 7.68. The first-order valence-corrected chi connectivity index (χ1v) is 9.57. The Morgan fingerprint density at radius 1 is 1.19 bits per heavy atom. The van der Waals surface area contributed by atoms with E-state index in [9.17, 15) is 13.2 Å². The van der Waals surface area contributed by atoms with Gasteiger partial charge in [0.25, 0.3) is 5.91 Å². The fraction of sp³-hybridized carbons (Fsp3) is 0.222. The highest BCUT2D eigenvalue weighted by atomic mass is 35.5. The maximum Gasteiger partial charge on any atom is 0.284 e. The normalized spacial score (nSPS) is 11.4. The van der Waals surface area contributed by atoms with Crippen LogP contribution in [0.3, 0.4) is 0 Å². The lowest BCUT2D eigenvalue weighted by Gasteiger charge is -2.12. The molecule has 2 aromatic carbocycles. The van der Waals surface area contributed by atoms with Crippen molar-refractivity contribution < 1.29 is 13.2 Å². The number of carbonyl (C=O) groups excluding carboxylic acids is 1. The summed E-state index contributed by atoms with van der Waals surface area (Å²) in [6.45, 7) is 3.92. The van der Waals surface area contributed by atoms with Gasteiger partial charge in [0, 0.05) is 18.9 Å². The van der Waals surface area contributed by atoms with E-state index in [2.05, 4.69) is 4.98 Å². The van der Waals surface area contributed by atoms with Crippen molar-refractivity contribution in [3.05, 3.63) is 47.3 Å². The largest absolute Gasteiger partial charge is 0.363 e. The molecule has 26 heavy (non-hydrogen) atoms. The molecule has 1 amide bonds. The van der Waals surface area contributed by atoms with Crippen LogP contribution in [0.25, 0.3) is 22.2 Å². The van der Waals surface area contributed by atoms with Crippen molar-refractivity contribution in [3.63, 3.8) is 0 Å². The molecule has 1 heterocycles. The van der Waals surface area contributed by atoms with E-state index in [0.29, 0.717) is 5.52 Å². The van der Waals surface area contributed by atoms with E-state index >= 15 is 0 Å². The second-order valence-corrected chi connectivity index (χ2v) is 8.24. The van der Waals surface area contributed by atoms with Gasteiger partial charge in [-0.2, -0.15) is 0 Å². The summed E-state index contributed by atoms with van der Waals surface area (Å²) in [4.78, 5) is 16.3. The summed E-state index contributed by atoms with van der Waals surface area (Å²) in [5, 5.41) is 0. The number of fused-ring (bicyclic) bond motifs is 1. The third kappa shape index (κ3) is 3.20. The molecular formula is C18H20ClN3O3S. The SMILES string of the molecule is Cc1cc2c(nc(C(N)=O)n2C)c(-c2cccc(S(C)(=O)=O)c2)c1C.Cl. The van der Waals surface area contributed by atoms with Gasteiger partial charge in [-0.15, -0.1) is 12.4 Å². The molecule has 0 saturated carbocycles. The van der Waals surface area contributed by atoms with E-state index in [1.807, 2.05) is 26.0 Å². The number of hydrogen-bond acceptors (Lipinski definition) is 4. The highest BCUT2D eigenvalue weighted by Crippen LogP contribution is 2.34. The molecule has 0 atom stereocenters. The number of carbonyl (C=O) groups is 1. The first-order chi connectivity index (χ1) is 11.6. The summed E-state index contributed by atoms with van der Waals surface area (Å²) in [6, 6.07) is 8.70. The van der Waals surface area contributed by atoms with Crippen molar-refractivity contribution in [1.29, 1.82) is 0 Å². The molecule has 0 aliphatic heterocycles. The van der Waals surface area contributed by atoms with Gasteiger partial charge in [0.1, 0.15) is 0 Å². The van der Waals surface area contributed by atoms with Crippen molar-refractivity contribution >= 4 is 39.2 Å². The molecule has 138 valence electrons. The van der Waals surface area contributed by atoms with E-state index in [1.54, 1.807) is 29.8 Å².